The van der Waals surface area contributed by atoms with Crippen LogP contribution in [0.3, 0.4) is 0 Å². The fourth-order valence-electron chi connectivity index (χ4n) is 4.39. The molecule has 1 aromatic carbocycles. The van der Waals surface area contributed by atoms with Crippen molar-refractivity contribution in [3.8, 4) is 6.19 Å². The van der Waals surface area contributed by atoms with Crippen molar-refractivity contribution in [3.05, 3.63) is 28.8 Å². The number of hydrogen-bond acceptors (Lipinski definition) is 4. The Morgan fingerprint density at radius 3 is 2.76 bits per heavy atom. The van der Waals surface area contributed by atoms with Crippen LogP contribution in [0.25, 0.3) is 0 Å². The van der Waals surface area contributed by atoms with Gasteiger partial charge in [-0.25, -0.2) is 0 Å². The van der Waals surface area contributed by atoms with E-state index in [2.05, 4.69) is 11.5 Å². The molecule has 0 saturated carbocycles. The number of amides is 1. The van der Waals surface area contributed by atoms with Gasteiger partial charge in [0.25, 0.3) is 0 Å². The van der Waals surface area contributed by atoms with Gasteiger partial charge in [-0.05, 0) is 44.4 Å². The molecule has 29 heavy (non-hydrogen) atoms. The number of likely N-dealkylation sites (tertiary alicyclic amines) is 1. The first-order valence-electron chi connectivity index (χ1n) is 9.75. The van der Waals surface area contributed by atoms with Gasteiger partial charge < -0.3 is 15.1 Å². The van der Waals surface area contributed by atoms with Crippen LogP contribution in [-0.4, -0.2) is 42.0 Å². The lowest BCUT2D eigenvalue weighted by molar-refractivity contribution is -0.137. The van der Waals surface area contributed by atoms with Gasteiger partial charge >= 0.3 is 6.18 Å². The first-order valence-corrected chi connectivity index (χ1v) is 10.1. The number of benzene rings is 1. The monoisotopic (exact) mass is 428 g/mol. The molecule has 2 fully saturated rings. The van der Waals surface area contributed by atoms with Crippen LogP contribution in [0, 0.1) is 17.4 Å². The number of alkyl halides is 3. The maximum Gasteiger partial charge on any atom is 0.416 e. The minimum atomic E-state index is -4.45. The summed E-state index contributed by atoms with van der Waals surface area (Å²) in [7, 11) is 0. The molecule has 158 valence electrons. The summed E-state index contributed by atoms with van der Waals surface area (Å²) in [5, 5.41) is 12.6. The molecule has 0 aromatic heterocycles. The van der Waals surface area contributed by atoms with E-state index in [4.69, 9.17) is 11.6 Å². The maximum absolute atomic E-state index is 13.0. The molecule has 5 nitrogen and oxygen atoms in total. The van der Waals surface area contributed by atoms with Crippen molar-refractivity contribution < 1.29 is 18.0 Å². The largest absolute Gasteiger partial charge is 0.416 e. The molecule has 1 N–H and O–H groups in total. The number of nitrogens with one attached hydrogen (secondary N) is 1. The molecule has 0 aliphatic carbocycles. The molecule has 9 heteroatoms. The molecule has 2 heterocycles. The zero-order valence-electron chi connectivity index (χ0n) is 16.3. The predicted octanol–water partition coefficient (Wildman–Crippen LogP) is 4.02. The van der Waals surface area contributed by atoms with Crippen LogP contribution in [0.4, 0.5) is 18.9 Å². The maximum atomic E-state index is 13.0. The number of rotatable bonds is 4. The molecule has 2 aliphatic rings. The normalized spacial score (nSPS) is 27.2. The number of nitriles is 1. The fourth-order valence-corrected chi connectivity index (χ4v) is 4.63. The second kappa shape index (κ2) is 8.31. The Balaban J connectivity index is 1.67. The molecule has 0 unspecified atom stereocenters. The lowest BCUT2D eigenvalue weighted by Gasteiger charge is -2.25. The summed E-state index contributed by atoms with van der Waals surface area (Å²) in [6.07, 6.45) is -0.248. The van der Waals surface area contributed by atoms with E-state index in [0.29, 0.717) is 31.6 Å². The van der Waals surface area contributed by atoms with Crippen molar-refractivity contribution in [1.29, 1.82) is 5.26 Å². The van der Waals surface area contributed by atoms with Gasteiger partial charge in [-0.15, -0.1) is 0 Å². The van der Waals surface area contributed by atoms with Crippen molar-refractivity contribution in [2.24, 2.45) is 5.92 Å². The van der Waals surface area contributed by atoms with Crippen molar-refractivity contribution in [1.82, 2.24) is 10.2 Å². The summed E-state index contributed by atoms with van der Waals surface area (Å²) in [5.74, 6) is -0.449. The van der Waals surface area contributed by atoms with Gasteiger partial charge in [0.15, 0.2) is 6.19 Å². The Kier molecular flexibility index (Phi) is 6.18. The molecule has 3 rings (SSSR count). The van der Waals surface area contributed by atoms with E-state index in [1.807, 2.05) is 13.8 Å². The minimum Gasteiger partial charge on any atom is -0.369 e. The summed E-state index contributed by atoms with van der Waals surface area (Å²) in [5.41, 5.74) is -0.458. The van der Waals surface area contributed by atoms with E-state index in [1.54, 1.807) is 9.80 Å². The van der Waals surface area contributed by atoms with Crippen LogP contribution < -0.4 is 10.2 Å². The zero-order chi connectivity index (χ0) is 21.3. The van der Waals surface area contributed by atoms with E-state index in [-0.39, 0.29) is 35.0 Å². The highest BCUT2D eigenvalue weighted by Crippen LogP contribution is 2.37. The number of carbonyl (C=O) groups is 1. The molecule has 0 bridgehead atoms. The zero-order valence-corrected chi connectivity index (χ0v) is 17.1. The molecule has 4 atom stereocenters. The molecular formula is C20H24ClF3N4O. The molecule has 0 radical (unpaired) electrons. The Labute approximate surface area is 173 Å². The first kappa shape index (κ1) is 21.6. The van der Waals surface area contributed by atoms with E-state index in [0.717, 1.165) is 18.6 Å². The van der Waals surface area contributed by atoms with E-state index < -0.39 is 11.7 Å². The fraction of sp³-hybridized carbons (Fsp3) is 0.600. The van der Waals surface area contributed by atoms with Gasteiger partial charge in [-0.3, -0.25) is 4.79 Å². The summed E-state index contributed by atoms with van der Waals surface area (Å²) < 4.78 is 39.1. The van der Waals surface area contributed by atoms with Crippen molar-refractivity contribution in [2.45, 2.75) is 57.4 Å². The standard InChI is InChI=1S/C20H24ClF3N4O/c1-3-17-16(8-12(2)28(17)11-25)26-19(29)13-6-7-27(10-13)18-9-14(20(22,23)24)4-5-15(18)21/h4-5,9,12-13,16-17H,3,6-8,10H2,1-2H3,(H,26,29)/t12-,13-,16+,17+/m0/s1. The highest BCUT2D eigenvalue weighted by Gasteiger charge is 2.40. The summed E-state index contributed by atoms with van der Waals surface area (Å²) >= 11 is 6.13. The third kappa shape index (κ3) is 4.40. The second-order valence-corrected chi connectivity index (χ2v) is 8.19. The predicted molar refractivity (Wildman–Crippen MR) is 104 cm³/mol. The first-order chi connectivity index (χ1) is 13.7. The minimum absolute atomic E-state index is 0.0330. The van der Waals surface area contributed by atoms with E-state index in [9.17, 15) is 23.2 Å². The van der Waals surface area contributed by atoms with Gasteiger partial charge in [0.1, 0.15) is 0 Å². The molecule has 0 spiro atoms. The van der Waals surface area contributed by atoms with Crippen molar-refractivity contribution in [3.63, 3.8) is 0 Å². The number of carbonyl (C=O) groups excluding carboxylic acids is 1. The number of hydrogen-bond donors (Lipinski definition) is 1. The molecule has 2 aliphatic heterocycles. The Bertz CT molecular complexity index is 810. The van der Waals surface area contributed by atoms with Crippen molar-refractivity contribution >= 4 is 23.2 Å². The molecular weight excluding hydrogens is 405 g/mol. The average Bonchev–Trinajstić information content (AvgIpc) is 3.25. The number of halogens is 4. The van der Waals surface area contributed by atoms with Crippen LogP contribution in [0.2, 0.25) is 5.02 Å². The second-order valence-electron chi connectivity index (χ2n) is 7.78. The third-order valence-electron chi connectivity index (χ3n) is 5.93. The topological polar surface area (TPSA) is 59.4 Å². The van der Waals surface area contributed by atoms with E-state index >= 15 is 0 Å². The summed E-state index contributed by atoms with van der Waals surface area (Å²) in [6.45, 7) is 4.72. The SMILES string of the molecule is CC[C@@H]1[C@H](NC(=O)[C@H]2CCN(c3cc(C(F)(F)F)ccc3Cl)C2)C[C@H](C)N1C#N. The van der Waals surface area contributed by atoms with Crippen LogP contribution in [-0.2, 0) is 11.0 Å². The Morgan fingerprint density at radius 1 is 1.41 bits per heavy atom. The van der Waals surface area contributed by atoms with Gasteiger partial charge in [0.05, 0.1) is 34.3 Å². The summed E-state index contributed by atoms with van der Waals surface area (Å²) in [6, 6.07) is 3.18. The van der Waals surface area contributed by atoms with Crippen LogP contribution in [0.1, 0.15) is 38.7 Å². The van der Waals surface area contributed by atoms with Crippen LogP contribution in [0.15, 0.2) is 18.2 Å². The van der Waals surface area contributed by atoms with Crippen LogP contribution >= 0.6 is 11.6 Å². The van der Waals surface area contributed by atoms with Crippen LogP contribution in [0.5, 0.6) is 0 Å². The smallest absolute Gasteiger partial charge is 0.369 e. The summed E-state index contributed by atoms with van der Waals surface area (Å²) in [4.78, 5) is 16.3. The Morgan fingerprint density at radius 2 is 2.14 bits per heavy atom. The molecule has 1 aromatic rings. The molecule has 2 saturated heterocycles. The lowest BCUT2D eigenvalue weighted by atomic mass is 10.0. The van der Waals surface area contributed by atoms with Gasteiger partial charge in [-0.1, -0.05) is 18.5 Å². The van der Waals surface area contributed by atoms with Gasteiger partial charge in [-0.2, -0.15) is 18.4 Å². The third-order valence-corrected chi connectivity index (χ3v) is 6.25. The highest BCUT2D eigenvalue weighted by molar-refractivity contribution is 6.33. The van der Waals surface area contributed by atoms with E-state index in [1.165, 1.54) is 6.07 Å². The van der Waals surface area contributed by atoms with Gasteiger partial charge in [0, 0.05) is 19.1 Å². The van der Waals surface area contributed by atoms with Crippen molar-refractivity contribution in [2.75, 3.05) is 18.0 Å². The lowest BCUT2D eigenvalue weighted by Crippen LogP contribution is -2.46. The Hall–Kier alpha value is -2.14. The quantitative estimate of drug-likeness (QED) is 0.736. The molecule has 1 amide bonds. The average molecular weight is 429 g/mol. The highest BCUT2D eigenvalue weighted by atomic mass is 35.5. The number of anilines is 1. The van der Waals surface area contributed by atoms with Gasteiger partial charge in [0.2, 0.25) is 5.91 Å². The number of nitrogens with zero attached hydrogens (tertiary/aromatic N) is 3.